The molecule has 0 fully saturated rings. The van der Waals surface area contributed by atoms with E-state index in [9.17, 15) is 14.5 Å². The quantitative estimate of drug-likeness (QED) is 0.678. The van der Waals surface area contributed by atoms with Gasteiger partial charge in [-0.25, -0.2) is 4.39 Å². The molecule has 4 nitrogen and oxygen atoms in total. The summed E-state index contributed by atoms with van der Waals surface area (Å²) in [6.45, 7) is 4.50. The Morgan fingerprint density at radius 2 is 1.95 bits per heavy atom. The van der Waals surface area contributed by atoms with Gasteiger partial charge in [-0.3, -0.25) is 10.1 Å². The van der Waals surface area contributed by atoms with Crippen LogP contribution in [0.2, 0.25) is 0 Å². The van der Waals surface area contributed by atoms with E-state index in [1.807, 2.05) is 26.0 Å². The lowest BCUT2D eigenvalue weighted by Gasteiger charge is -2.10. The molecule has 0 unspecified atom stereocenters. The van der Waals surface area contributed by atoms with E-state index in [4.69, 9.17) is 0 Å². The van der Waals surface area contributed by atoms with E-state index >= 15 is 0 Å². The molecular formula is C15H15FN2O2. The Hall–Kier alpha value is -2.43. The lowest BCUT2D eigenvalue weighted by molar-refractivity contribution is -0.385. The highest BCUT2D eigenvalue weighted by Gasteiger charge is 2.09. The van der Waals surface area contributed by atoms with Crippen LogP contribution in [0.1, 0.15) is 16.7 Å². The Bertz CT molecular complexity index is 656. The van der Waals surface area contributed by atoms with Crippen molar-refractivity contribution in [3.8, 4) is 0 Å². The van der Waals surface area contributed by atoms with Crippen molar-refractivity contribution < 1.29 is 9.31 Å². The van der Waals surface area contributed by atoms with Crippen molar-refractivity contribution in [1.29, 1.82) is 0 Å². The zero-order valence-corrected chi connectivity index (χ0v) is 11.3. The number of nitro groups is 1. The van der Waals surface area contributed by atoms with Gasteiger partial charge in [-0.2, -0.15) is 0 Å². The molecule has 0 saturated heterocycles. The topological polar surface area (TPSA) is 55.2 Å². The lowest BCUT2D eigenvalue weighted by atomic mass is 10.1. The highest BCUT2D eigenvalue weighted by Crippen LogP contribution is 2.21. The second-order valence-electron chi connectivity index (χ2n) is 4.74. The summed E-state index contributed by atoms with van der Waals surface area (Å²) in [5, 5.41) is 13.7. The van der Waals surface area contributed by atoms with Gasteiger partial charge in [0.15, 0.2) is 0 Å². The summed E-state index contributed by atoms with van der Waals surface area (Å²) in [4.78, 5) is 10.1. The first-order chi connectivity index (χ1) is 9.45. The molecule has 0 radical (unpaired) electrons. The van der Waals surface area contributed by atoms with Gasteiger partial charge >= 0.3 is 0 Å². The van der Waals surface area contributed by atoms with E-state index in [0.29, 0.717) is 12.2 Å². The standard InChI is InChI=1S/C15H15FN2O2/c1-10-3-4-12(11(2)5-10)9-17-14-6-13(16)7-15(8-14)18(19)20/h3-8,17H,9H2,1-2H3. The van der Waals surface area contributed by atoms with Crippen molar-refractivity contribution >= 4 is 11.4 Å². The molecule has 2 aromatic carbocycles. The molecule has 0 spiro atoms. The fourth-order valence-corrected chi connectivity index (χ4v) is 2.02. The maximum Gasteiger partial charge on any atom is 0.274 e. The van der Waals surface area contributed by atoms with Crippen molar-refractivity contribution in [3.63, 3.8) is 0 Å². The van der Waals surface area contributed by atoms with Crippen LogP contribution in [-0.4, -0.2) is 4.92 Å². The summed E-state index contributed by atoms with van der Waals surface area (Å²) < 4.78 is 13.3. The van der Waals surface area contributed by atoms with Crippen molar-refractivity contribution in [2.24, 2.45) is 0 Å². The molecule has 1 N–H and O–H groups in total. The molecule has 104 valence electrons. The monoisotopic (exact) mass is 274 g/mol. The molecule has 0 aliphatic carbocycles. The largest absolute Gasteiger partial charge is 0.381 e. The van der Waals surface area contributed by atoms with E-state index in [2.05, 4.69) is 11.4 Å². The van der Waals surface area contributed by atoms with Gasteiger partial charge in [-0.05, 0) is 31.0 Å². The van der Waals surface area contributed by atoms with Crippen LogP contribution in [-0.2, 0) is 6.54 Å². The van der Waals surface area contributed by atoms with Crippen molar-refractivity contribution in [1.82, 2.24) is 0 Å². The van der Waals surface area contributed by atoms with Gasteiger partial charge in [0.2, 0.25) is 0 Å². The number of nitrogens with one attached hydrogen (secondary N) is 1. The van der Waals surface area contributed by atoms with Crippen molar-refractivity contribution in [2.75, 3.05) is 5.32 Å². The molecule has 5 heteroatoms. The van der Waals surface area contributed by atoms with E-state index in [0.717, 1.165) is 17.2 Å². The first-order valence-corrected chi connectivity index (χ1v) is 6.20. The first kappa shape index (κ1) is 14.0. The minimum Gasteiger partial charge on any atom is -0.381 e. The Labute approximate surface area is 116 Å². The molecule has 0 amide bonds. The number of aryl methyl sites for hydroxylation is 2. The molecule has 0 aromatic heterocycles. The molecule has 0 saturated carbocycles. The van der Waals surface area contributed by atoms with Crippen molar-refractivity contribution in [3.05, 3.63) is 69.0 Å². The third kappa shape index (κ3) is 3.32. The smallest absolute Gasteiger partial charge is 0.274 e. The summed E-state index contributed by atoms with van der Waals surface area (Å²) >= 11 is 0. The number of hydrogen-bond donors (Lipinski definition) is 1. The number of nitro benzene ring substituents is 1. The highest BCUT2D eigenvalue weighted by atomic mass is 19.1. The Balaban J connectivity index is 2.16. The van der Waals surface area contributed by atoms with Gasteiger partial charge in [-0.15, -0.1) is 0 Å². The van der Waals surface area contributed by atoms with E-state index < -0.39 is 10.7 Å². The molecule has 20 heavy (non-hydrogen) atoms. The van der Waals surface area contributed by atoms with E-state index in [1.54, 1.807) is 0 Å². The van der Waals surface area contributed by atoms with E-state index in [1.165, 1.54) is 17.7 Å². The Morgan fingerprint density at radius 3 is 2.60 bits per heavy atom. The van der Waals surface area contributed by atoms with Gasteiger partial charge in [0.1, 0.15) is 5.82 Å². The predicted octanol–water partition coefficient (Wildman–Crippen LogP) is 3.96. The van der Waals surface area contributed by atoms with Gasteiger partial charge < -0.3 is 5.32 Å². The molecule has 0 atom stereocenters. The normalized spacial score (nSPS) is 10.3. The van der Waals surface area contributed by atoms with Gasteiger partial charge in [0, 0.05) is 18.3 Å². The summed E-state index contributed by atoms with van der Waals surface area (Å²) in [5.74, 6) is -0.623. The number of rotatable bonds is 4. The van der Waals surface area contributed by atoms with Crippen LogP contribution in [0.4, 0.5) is 15.8 Å². The minimum absolute atomic E-state index is 0.256. The molecular weight excluding hydrogens is 259 g/mol. The van der Waals surface area contributed by atoms with Gasteiger partial charge in [0.05, 0.1) is 11.0 Å². The highest BCUT2D eigenvalue weighted by molar-refractivity contribution is 5.52. The molecule has 0 aliphatic rings. The number of nitrogens with zero attached hydrogens (tertiary/aromatic N) is 1. The SMILES string of the molecule is Cc1ccc(CNc2cc(F)cc([N+](=O)[O-])c2)c(C)c1. The summed E-state index contributed by atoms with van der Waals surface area (Å²) in [6.07, 6.45) is 0. The number of non-ortho nitro benzene ring substituents is 1. The zero-order chi connectivity index (χ0) is 14.7. The zero-order valence-electron chi connectivity index (χ0n) is 11.3. The van der Waals surface area contributed by atoms with Crippen LogP contribution >= 0.6 is 0 Å². The Kier molecular flexibility index (Phi) is 3.98. The summed E-state index contributed by atoms with van der Waals surface area (Å²) in [6, 6.07) is 9.53. The average Bonchev–Trinajstić information content (AvgIpc) is 2.37. The van der Waals surface area contributed by atoms with Gasteiger partial charge in [-0.1, -0.05) is 23.8 Å². The lowest BCUT2D eigenvalue weighted by Crippen LogP contribution is -2.02. The number of hydrogen-bond acceptors (Lipinski definition) is 3. The van der Waals surface area contributed by atoms with E-state index in [-0.39, 0.29) is 5.69 Å². The molecule has 2 aromatic rings. The minimum atomic E-state index is -0.623. The van der Waals surface area contributed by atoms with Gasteiger partial charge in [0.25, 0.3) is 5.69 Å². The van der Waals surface area contributed by atoms with Crippen LogP contribution in [0.15, 0.2) is 36.4 Å². The average molecular weight is 274 g/mol. The number of anilines is 1. The molecule has 2 rings (SSSR count). The second kappa shape index (κ2) is 5.69. The summed E-state index contributed by atoms with van der Waals surface area (Å²) in [7, 11) is 0. The number of benzene rings is 2. The third-order valence-corrected chi connectivity index (χ3v) is 3.07. The van der Waals surface area contributed by atoms with Crippen molar-refractivity contribution in [2.45, 2.75) is 20.4 Å². The van der Waals surface area contributed by atoms with Crippen LogP contribution in [0.3, 0.4) is 0 Å². The second-order valence-corrected chi connectivity index (χ2v) is 4.74. The number of halogens is 1. The third-order valence-electron chi connectivity index (χ3n) is 3.07. The predicted molar refractivity (Wildman–Crippen MR) is 76.3 cm³/mol. The molecule has 0 bridgehead atoms. The Morgan fingerprint density at radius 1 is 1.20 bits per heavy atom. The van der Waals surface area contributed by atoms with Crippen LogP contribution in [0.25, 0.3) is 0 Å². The maximum absolute atomic E-state index is 13.3. The maximum atomic E-state index is 13.3. The van der Waals surface area contributed by atoms with Crippen LogP contribution in [0, 0.1) is 29.8 Å². The first-order valence-electron chi connectivity index (χ1n) is 6.20. The summed E-state index contributed by atoms with van der Waals surface area (Å²) in [5.41, 5.74) is 3.52. The molecule has 0 aliphatic heterocycles. The van der Waals surface area contributed by atoms with Crippen LogP contribution in [0.5, 0.6) is 0 Å². The fraction of sp³-hybridized carbons (Fsp3) is 0.200. The fourth-order valence-electron chi connectivity index (χ4n) is 2.02. The van der Waals surface area contributed by atoms with Crippen LogP contribution < -0.4 is 5.32 Å². The molecule has 0 heterocycles.